The summed E-state index contributed by atoms with van der Waals surface area (Å²) in [5.41, 5.74) is 2.31. The zero-order valence-corrected chi connectivity index (χ0v) is 32.2. The van der Waals surface area contributed by atoms with E-state index in [9.17, 15) is 24.0 Å². The maximum atomic E-state index is 13.3. The van der Waals surface area contributed by atoms with Crippen molar-refractivity contribution in [1.82, 2.24) is 30.4 Å². The molecule has 1 unspecified atom stereocenters. The molecule has 1 atom stereocenters. The number of fused-ring (bicyclic) bond motifs is 1. The number of aromatic nitrogens is 2. The van der Waals surface area contributed by atoms with Crippen LogP contribution in [0.2, 0.25) is 5.02 Å². The van der Waals surface area contributed by atoms with Crippen LogP contribution < -0.4 is 25.2 Å². The molecule has 4 aliphatic heterocycles. The van der Waals surface area contributed by atoms with Crippen molar-refractivity contribution in [3.63, 3.8) is 0 Å². The van der Waals surface area contributed by atoms with Crippen LogP contribution >= 0.6 is 11.6 Å². The molecule has 4 fully saturated rings. The second-order valence-corrected chi connectivity index (χ2v) is 15.9. The molecule has 0 bridgehead atoms. The topological polar surface area (TPSA) is 181 Å². The van der Waals surface area contributed by atoms with Gasteiger partial charge in [0, 0.05) is 82.4 Å². The van der Waals surface area contributed by atoms with Crippen LogP contribution in [0.4, 0.5) is 11.6 Å². The molecule has 5 amide bonds. The molecule has 57 heavy (non-hydrogen) atoms. The number of anilines is 2. The molecule has 296 valence electrons. The third-order valence-electron chi connectivity index (χ3n) is 11.8. The Balaban J connectivity index is 0.753. The zero-order chi connectivity index (χ0) is 39.6. The number of amides is 5. The van der Waals surface area contributed by atoms with Crippen molar-refractivity contribution in [3.05, 3.63) is 76.1 Å². The first-order valence-electron chi connectivity index (χ1n) is 19.7. The molecule has 5 heterocycles. The van der Waals surface area contributed by atoms with Crippen LogP contribution in [0.25, 0.3) is 0 Å². The predicted molar refractivity (Wildman–Crippen MR) is 209 cm³/mol. The number of nitrogens with one attached hydrogen (secondary N) is 2. The fourth-order valence-corrected chi connectivity index (χ4v) is 8.79. The standard InChI is InChI=1S/C41H44ClN9O6/c42-34-20-31(5-1-26(34)21-43)57-30-6-2-28(3-7-30)46-37(53)27-22-44-41(45-23-27)50-13-11-25(12-14-50)24-48-15-17-49(18-16-48)29-4-8-32-33(19-29)40(56)51(39(32)55)35-9-10-36(52)47-38(35)54/h1,4-5,8,19-20,22-23,25,28,30,35H,2-3,6-7,9-18,24H2,(H,46,53)(H,47,52,54). The summed E-state index contributed by atoms with van der Waals surface area (Å²) in [4.78, 5) is 80.5. The number of halogens is 1. The first kappa shape index (κ1) is 38.3. The summed E-state index contributed by atoms with van der Waals surface area (Å²) in [5, 5.41) is 14.8. The first-order valence-corrected chi connectivity index (χ1v) is 20.1. The number of carbonyl (C=O) groups is 5. The van der Waals surface area contributed by atoms with Crippen molar-refractivity contribution in [2.75, 3.05) is 55.6 Å². The molecular weight excluding hydrogens is 750 g/mol. The number of nitrogens with zero attached hydrogens (tertiary/aromatic N) is 7. The highest BCUT2D eigenvalue weighted by Gasteiger charge is 2.45. The third kappa shape index (κ3) is 8.29. The molecule has 1 aliphatic carbocycles. The lowest BCUT2D eigenvalue weighted by molar-refractivity contribution is -0.136. The Hall–Kier alpha value is -5.59. The molecule has 1 aromatic heterocycles. The van der Waals surface area contributed by atoms with Gasteiger partial charge in [-0.25, -0.2) is 9.97 Å². The van der Waals surface area contributed by atoms with Crippen molar-refractivity contribution in [1.29, 1.82) is 5.26 Å². The van der Waals surface area contributed by atoms with Crippen LogP contribution in [0.1, 0.15) is 88.0 Å². The summed E-state index contributed by atoms with van der Waals surface area (Å²) >= 11 is 6.14. The lowest BCUT2D eigenvalue weighted by atomic mass is 9.92. The van der Waals surface area contributed by atoms with Gasteiger partial charge in [0.2, 0.25) is 17.8 Å². The van der Waals surface area contributed by atoms with Gasteiger partial charge in [0.05, 0.1) is 33.4 Å². The minimum atomic E-state index is -0.978. The Morgan fingerprint density at radius 1 is 0.860 bits per heavy atom. The summed E-state index contributed by atoms with van der Waals surface area (Å²) in [6, 6.07) is 11.5. The summed E-state index contributed by atoms with van der Waals surface area (Å²) in [6.45, 7) is 6.01. The minimum absolute atomic E-state index is 0.0216. The van der Waals surface area contributed by atoms with E-state index in [0.29, 0.717) is 39.3 Å². The van der Waals surface area contributed by atoms with E-state index in [1.807, 2.05) is 6.07 Å². The highest BCUT2D eigenvalue weighted by molar-refractivity contribution is 6.31. The Bertz CT molecular complexity index is 2100. The van der Waals surface area contributed by atoms with Crippen LogP contribution in [0.3, 0.4) is 0 Å². The van der Waals surface area contributed by atoms with Crippen molar-refractivity contribution in [2.45, 2.75) is 69.6 Å². The molecule has 2 N–H and O–H groups in total. The number of rotatable bonds is 9. The SMILES string of the molecule is N#Cc1ccc(OC2CCC(NC(=O)c3cnc(N4CCC(CN5CCN(c6ccc7c(c6)C(=O)N(C6CCC(=O)NC6=O)C7=O)CC5)CC4)nc3)CC2)cc1Cl. The highest BCUT2D eigenvalue weighted by atomic mass is 35.5. The van der Waals surface area contributed by atoms with E-state index in [4.69, 9.17) is 21.6 Å². The van der Waals surface area contributed by atoms with E-state index in [-0.39, 0.29) is 36.5 Å². The molecule has 0 spiro atoms. The van der Waals surface area contributed by atoms with Gasteiger partial charge in [0.15, 0.2) is 0 Å². The summed E-state index contributed by atoms with van der Waals surface area (Å²) in [7, 11) is 0. The maximum Gasteiger partial charge on any atom is 0.262 e. The largest absolute Gasteiger partial charge is 0.490 e. The third-order valence-corrected chi connectivity index (χ3v) is 12.2. The number of piperazine rings is 1. The lowest BCUT2D eigenvalue weighted by Gasteiger charge is -2.39. The van der Waals surface area contributed by atoms with Crippen molar-refractivity contribution >= 4 is 52.8 Å². The van der Waals surface area contributed by atoms with Crippen molar-refractivity contribution in [2.24, 2.45) is 5.92 Å². The average molecular weight is 794 g/mol. The maximum absolute atomic E-state index is 13.3. The van der Waals surface area contributed by atoms with Gasteiger partial charge < -0.3 is 19.9 Å². The summed E-state index contributed by atoms with van der Waals surface area (Å²) in [6.07, 6.45) is 8.65. The van der Waals surface area contributed by atoms with Crippen LogP contribution in [0, 0.1) is 17.2 Å². The van der Waals surface area contributed by atoms with Crippen LogP contribution in [-0.4, -0.2) is 113 Å². The number of imide groups is 2. The number of piperidine rings is 2. The molecule has 8 rings (SSSR count). The van der Waals surface area contributed by atoms with Crippen LogP contribution in [0.5, 0.6) is 5.75 Å². The van der Waals surface area contributed by atoms with Crippen molar-refractivity contribution < 1.29 is 28.7 Å². The van der Waals surface area contributed by atoms with Gasteiger partial charge in [-0.15, -0.1) is 0 Å². The number of carbonyl (C=O) groups excluding carboxylic acids is 5. The van der Waals surface area contributed by atoms with Gasteiger partial charge >= 0.3 is 0 Å². The second-order valence-electron chi connectivity index (χ2n) is 15.5. The zero-order valence-electron chi connectivity index (χ0n) is 31.5. The Kier molecular flexibility index (Phi) is 11.1. The van der Waals surface area contributed by atoms with E-state index in [1.54, 1.807) is 42.7 Å². The fourth-order valence-electron chi connectivity index (χ4n) is 8.57. The Labute approximate surface area is 335 Å². The summed E-state index contributed by atoms with van der Waals surface area (Å²) < 4.78 is 6.08. The summed E-state index contributed by atoms with van der Waals surface area (Å²) in [5.74, 6) is -0.359. The molecule has 0 radical (unpaired) electrons. The van der Waals surface area contributed by atoms with E-state index in [1.165, 1.54) is 0 Å². The van der Waals surface area contributed by atoms with Gasteiger partial charge in [0.1, 0.15) is 17.9 Å². The number of nitriles is 1. The Morgan fingerprint density at radius 3 is 2.26 bits per heavy atom. The first-order chi connectivity index (χ1) is 27.6. The van der Waals surface area contributed by atoms with Crippen molar-refractivity contribution in [3.8, 4) is 11.8 Å². The molecule has 3 aromatic rings. The lowest BCUT2D eigenvalue weighted by Crippen LogP contribution is -2.54. The molecule has 16 heteroatoms. The average Bonchev–Trinajstić information content (AvgIpc) is 3.47. The molecule has 1 saturated carbocycles. The molecule has 3 saturated heterocycles. The van der Waals surface area contributed by atoms with Gasteiger partial charge in [-0.1, -0.05) is 11.6 Å². The molecule has 15 nitrogen and oxygen atoms in total. The van der Waals surface area contributed by atoms with Gasteiger partial charge in [0.25, 0.3) is 17.7 Å². The van der Waals surface area contributed by atoms with E-state index in [2.05, 4.69) is 41.4 Å². The van der Waals surface area contributed by atoms with Gasteiger partial charge in [-0.05, 0) is 81.2 Å². The van der Waals surface area contributed by atoms with E-state index in [0.717, 1.165) is 94.9 Å². The quantitative estimate of drug-likeness (QED) is 0.301. The molecular formula is C41H44ClN9O6. The number of hydrogen-bond acceptors (Lipinski definition) is 12. The van der Waals surface area contributed by atoms with Crippen LogP contribution in [-0.2, 0) is 9.59 Å². The molecule has 5 aliphatic rings. The smallest absolute Gasteiger partial charge is 0.262 e. The predicted octanol–water partition coefficient (Wildman–Crippen LogP) is 3.56. The van der Waals surface area contributed by atoms with Gasteiger partial charge in [-0.3, -0.25) is 39.1 Å². The second kappa shape index (κ2) is 16.5. The normalized spacial score (nSPS) is 23.2. The fraction of sp³-hybridized carbons (Fsp3) is 0.463. The van der Waals surface area contributed by atoms with Crippen LogP contribution in [0.15, 0.2) is 48.8 Å². The van der Waals surface area contributed by atoms with E-state index >= 15 is 0 Å². The highest BCUT2D eigenvalue weighted by Crippen LogP contribution is 2.32. The number of ether oxygens (including phenoxy) is 1. The number of benzene rings is 2. The minimum Gasteiger partial charge on any atom is -0.490 e. The molecule has 2 aromatic carbocycles. The van der Waals surface area contributed by atoms with E-state index < -0.39 is 29.7 Å². The number of hydrogen-bond donors (Lipinski definition) is 2. The monoisotopic (exact) mass is 793 g/mol. The van der Waals surface area contributed by atoms with Gasteiger partial charge in [-0.2, -0.15) is 5.26 Å². The Morgan fingerprint density at radius 2 is 1.58 bits per heavy atom.